The second-order valence-corrected chi connectivity index (χ2v) is 6.62. The Morgan fingerprint density at radius 2 is 1.76 bits per heavy atom. The zero-order valence-corrected chi connectivity index (χ0v) is 12.5. The van der Waals surface area contributed by atoms with E-state index in [1.165, 1.54) is 0 Å². The summed E-state index contributed by atoms with van der Waals surface area (Å²) in [6, 6.07) is 0. The quantitative estimate of drug-likeness (QED) is 0.533. The summed E-state index contributed by atoms with van der Waals surface area (Å²) in [6.07, 6.45) is 4.48. The molecule has 0 aliphatic heterocycles. The maximum Gasteiger partial charge on any atom is 0.169 e. The van der Waals surface area contributed by atoms with Crippen molar-refractivity contribution in [1.29, 1.82) is 0 Å². The summed E-state index contributed by atoms with van der Waals surface area (Å²) in [4.78, 5) is 0. The van der Waals surface area contributed by atoms with E-state index < -0.39 is 17.3 Å². The molecule has 0 amide bonds. The summed E-state index contributed by atoms with van der Waals surface area (Å²) >= 11 is 0. The van der Waals surface area contributed by atoms with Crippen LogP contribution in [0.2, 0.25) is 0 Å². The summed E-state index contributed by atoms with van der Waals surface area (Å²) in [6.45, 7) is 7.02. The zero-order valence-electron chi connectivity index (χ0n) is 12.5. The number of alkyl halides is 2. The summed E-state index contributed by atoms with van der Waals surface area (Å²) in [5.41, 5.74) is -4.31. The summed E-state index contributed by atoms with van der Waals surface area (Å²) in [5, 5.41) is 18.7. The van der Waals surface area contributed by atoms with Gasteiger partial charge in [0.2, 0.25) is 0 Å². The fourth-order valence-corrected chi connectivity index (χ4v) is 4.33. The topological polar surface area (TPSA) is 40.5 Å². The number of rotatable bonds is 8. The van der Waals surface area contributed by atoms with Crippen LogP contribution in [0.5, 0.6) is 0 Å². The second kappa shape index (κ2) is 6.17. The van der Waals surface area contributed by atoms with Crippen LogP contribution in [-0.4, -0.2) is 34.3 Å². The molecule has 0 aromatic carbocycles. The Bertz CT molecular complexity index is 398. The molecule has 2 rings (SSSR count). The molecule has 0 saturated heterocycles. The van der Waals surface area contributed by atoms with Crippen molar-refractivity contribution in [2.45, 2.75) is 56.0 Å². The largest absolute Gasteiger partial charge is 0.396 e. The van der Waals surface area contributed by atoms with Crippen molar-refractivity contribution in [2.24, 2.45) is 17.8 Å². The number of allylic oxidation sites excluding steroid dienone is 2. The number of unbranched alkanes of at least 4 members (excludes halogenated alkanes) is 1. The number of halogens is 2. The minimum Gasteiger partial charge on any atom is -0.396 e. The number of fused-ring (bicyclic) bond motifs is 2. The van der Waals surface area contributed by atoms with Gasteiger partial charge in [0.25, 0.3) is 0 Å². The molecule has 2 nitrogen and oxygen atoms in total. The second-order valence-electron chi connectivity index (χ2n) is 6.62. The van der Waals surface area contributed by atoms with Crippen molar-refractivity contribution in [3.8, 4) is 0 Å². The van der Waals surface area contributed by atoms with Crippen molar-refractivity contribution >= 4 is 0 Å². The average Bonchev–Trinajstić information content (AvgIpc) is 3.05. The molecule has 6 atom stereocenters. The summed E-state index contributed by atoms with van der Waals surface area (Å²) < 4.78 is 30.8. The minimum atomic E-state index is -2.16. The number of hydrogen-bond donors (Lipinski definition) is 2. The first-order valence-corrected chi connectivity index (χ1v) is 7.85. The fraction of sp³-hybridized carbons (Fsp3) is 0.765. The van der Waals surface area contributed by atoms with Gasteiger partial charge in [0.15, 0.2) is 11.3 Å². The molecule has 2 aliphatic carbocycles. The zero-order chi connectivity index (χ0) is 15.7. The third-order valence-corrected chi connectivity index (χ3v) is 5.57. The molecule has 2 bridgehead atoms. The van der Waals surface area contributed by atoms with Gasteiger partial charge in [-0.2, -0.15) is 0 Å². The molecule has 2 N–H and O–H groups in total. The Hall–Kier alpha value is -0.740. The van der Waals surface area contributed by atoms with Crippen molar-refractivity contribution in [2.75, 3.05) is 6.61 Å². The van der Waals surface area contributed by atoms with Crippen molar-refractivity contribution < 1.29 is 19.0 Å². The third-order valence-electron chi connectivity index (χ3n) is 5.57. The highest BCUT2D eigenvalue weighted by Crippen LogP contribution is 2.57. The van der Waals surface area contributed by atoms with E-state index in [0.717, 1.165) is 18.6 Å². The summed E-state index contributed by atoms with van der Waals surface area (Å²) in [5.74, 6) is -0.344. The molecule has 0 aromatic heterocycles. The molecule has 0 radical (unpaired) electrons. The minimum absolute atomic E-state index is 0.00395. The average molecular weight is 300 g/mol. The smallest absolute Gasteiger partial charge is 0.169 e. The van der Waals surface area contributed by atoms with E-state index in [1.807, 2.05) is 0 Å². The van der Waals surface area contributed by atoms with Crippen molar-refractivity contribution in [3.05, 3.63) is 25.3 Å². The SMILES string of the molecule is C=CC(F)(CCCCO)C(F)(C=C)C1CC2CC1CC2O. The van der Waals surface area contributed by atoms with Gasteiger partial charge in [0.1, 0.15) is 0 Å². The molecular weight excluding hydrogens is 274 g/mol. The van der Waals surface area contributed by atoms with Crippen LogP contribution in [0.3, 0.4) is 0 Å². The van der Waals surface area contributed by atoms with Gasteiger partial charge in [-0.1, -0.05) is 25.3 Å². The van der Waals surface area contributed by atoms with Crippen LogP contribution in [0.1, 0.15) is 38.5 Å². The van der Waals surface area contributed by atoms with E-state index in [2.05, 4.69) is 13.2 Å². The molecule has 0 spiro atoms. The van der Waals surface area contributed by atoms with Gasteiger partial charge in [0.05, 0.1) is 6.10 Å². The van der Waals surface area contributed by atoms with Gasteiger partial charge in [-0.25, -0.2) is 8.78 Å². The monoisotopic (exact) mass is 300 g/mol. The lowest BCUT2D eigenvalue weighted by atomic mass is 9.68. The standard InChI is InChI=1S/C17H26F2O2/c1-3-16(18,7-5-6-8-20)17(19,4-2)14-10-13-9-12(14)11-15(13)21/h3-4,12-15,20-21H,1-2,5-11H2. The van der Waals surface area contributed by atoms with Crippen molar-refractivity contribution in [3.63, 3.8) is 0 Å². The number of aliphatic hydroxyl groups excluding tert-OH is 2. The van der Waals surface area contributed by atoms with Crippen LogP contribution in [0.25, 0.3) is 0 Å². The highest BCUT2D eigenvalue weighted by atomic mass is 19.2. The van der Waals surface area contributed by atoms with Crippen LogP contribution in [0, 0.1) is 17.8 Å². The Labute approximate surface area is 125 Å². The molecule has 2 fully saturated rings. The predicted molar refractivity (Wildman–Crippen MR) is 79.3 cm³/mol. The lowest BCUT2D eigenvalue weighted by Crippen LogP contribution is -2.52. The molecule has 120 valence electrons. The molecule has 21 heavy (non-hydrogen) atoms. The van der Waals surface area contributed by atoms with Gasteiger partial charge in [-0.05, 0) is 50.4 Å². The van der Waals surface area contributed by atoms with Gasteiger partial charge >= 0.3 is 0 Å². The van der Waals surface area contributed by atoms with Crippen LogP contribution in [0.15, 0.2) is 25.3 Å². The van der Waals surface area contributed by atoms with Gasteiger partial charge in [0, 0.05) is 12.5 Å². The van der Waals surface area contributed by atoms with E-state index in [9.17, 15) is 5.11 Å². The van der Waals surface area contributed by atoms with Crippen LogP contribution < -0.4 is 0 Å². The maximum atomic E-state index is 15.6. The van der Waals surface area contributed by atoms with Gasteiger partial charge in [-0.3, -0.25) is 0 Å². The molecule has 0 aromatic rings. The van der Waals surface area contributed by atoms with Crippen LogP contribution in [0.4, 0.5) is 8.78 Å². The number of hydrogen-bond acceptors (Lipinski definition) is 2. The normalized spacial score (nSPS) is 37.0. The molecular formula is C17H26F2O2. The first-order chi connectivity index (χ1) is 9.91. The van der Waals surface area contributed by atoms with E-state index in [1.54, 1.807) is 0 Å². The molecule has 2 saturated carbocycles. The first kappa shape index (κ1) is 16.6. The molecule has 6 unspecified atom stereocenters. The highest BCUT2D eigenvalue weighted by molar-refractivity contribution is 5.23. The lowest BCUT2D eigenvalue weighted by molar-refractivity contribution is -0.0500. The van der Waals surface area contributed by atoms with E-state index in [-0.39, 0.29) is 31.0 Å². The maximum absolute atomic E-state index is 15.6. The Morgan fingerprint density at radius 1 is 1.05 bits per heavy atom. The summed E-state index contributed by atoms with van der Waals surface area (Å²) in [7, 11) is 0. The Morgan fingerprint density at radius 3 is 2.19 bits per heavy atom. The van der Waals surface area contributed by atoms with Gasteiger partial charge in [-0.15, -0.1) is 0 Å². The van der Waals surface area contributed by atoms with Gasteiger partial charge < -0.3 is 10.2 Å². The van der Waals surface area contributed by atoms with E-state index >= 15 is 8.78 Å². The molecule has 2 aliphatic rings. The van der Waals surface area contributed by atoms with E-state index in [0.29, 0.717) is 25.7 Å². The van der Waals surface area contributed by atoms with E-state index in [4.69, 9.17) is 5.11 Å². The predicted octanol–water partition coefficient (Wildman–Crippen LogP) is 3.34. The Kier molecular flexibility index (Phi) is 4.89. The molecule has 0 heterocycles. The fourth-order valence-electron chi connectivity index (χ4n) is 4.33. The molecule has 4 heteroatoms. The number of aliphatic hydroxyl groups is 2. The highest BCUT2D eigenvalue weighted by Gasteiger charge is 2.61. The lowest BCUT2D eigenvalue weighted by Gasteiger charge is -2.43. The Balaban J connectivity index is 2.19. The first-order valence-electron chi connectivity index (χ1n) is 7.85. The van der Waals surface area contributed by atoms with Crippen LogP contribution in [-0.2, 0) is 0 Å². The third kappa shape index (κ3) is 2.68. The van der Waals surface area contributed by atoms with Crippen LogP contribution >= 0.6 is 0 Å². The van der Waals surface area contributed by atoms with Crippen molar-refractivity contribution in [1.82, 2.24) is 0 Å².